The fraction of sp³-hybridized carbons (Fsp3) is 0. The van der Waals surface area contributed by atoms with Crippen molar-refractivity contribution in [2.24, 2.45) is 0 Å². The van der Waals surface area contributed by atoms with Crippen molar-refractivity contribution in [3.63, 3.8) is 0 Å². The molecule has 5 heavy (non-hydrogen) atoms. The SMILES string of the molecule is [AlH3].[AlH3].[GeH4].[GeH4].[GeH4]. The molecule has 0 atom stereocenters. The van der Waals surface area contributed by atoms with E-state index in [4.69, 9.17) is 0 Å². The van der Waals surface area contributed by atoms with E-state index < -0.39 is 0 Å². The Balaban J connectivity index is 0. The van der Waals surface area contributed by atoms with Gasteiger partial charge in [-0.05, 0) is 0 Å². The van der Waals surface area contributed by atoms with Crippen LogP contribution in [-0.4, -0.2) is 87.5 Å². The summed E-state index contributed by atoms with van der Waals surface area (Å²) in [5.74, 6) is 0. The third-order valence-corrected chi connectivity index (χ3v) is 0. The Kier molecular flexibility index (Phi) is 284. The fourth-order valence-electron chi connectivity index (χ4n) is 0. The summed E-state index contributed by atoms with van der Waals surface area (Å²) in [5.41, 5.74) is 0. The molecule has 0 aliphatic rings. The average molecular weight is 290 g/mol. The van der Waals surface area contributed by atoms with Gasteiger partial charge in [-0.15, -0.1) is 0 Å². The predicted molar refractivity (Wildman–Crippen MR) is 53.9 cm³/mol. The van der Waals surface area contributed by atoms with Gasteiger partial charge in [0.25, 0.3) is 0 Å². The molecule has 0 unspecified atom stereocenters. The van der Waals surface area contributed by atoms with Crippen LogP contribution in [0.3, 0.4) is 0 Å². The van der Waals surface area contributed by atoms with E-state index in [0.29, 0.717) is 0 Å². The molecule has 0 saturated carbocycles. The summed E-state index contributed by atoms with van der Waals surface area (Å²) in [6, 6.07) is 0. The van der Waals surface area contributed by atoms with Gasteiger partial charge in [-0.2, -0.15) is 0 Å². The van der Waals surface area contributed by atoms with Gasteiger partial charge in [-0.1, -0.05) is 0 Å². The Labute approximate surface area is 86.4 Å². The zero-order chi connectivity index (χ0) is 0. The zero-order valence-electron chi connectivity index (χ0n) is 0. The summed E-state index contributed by atoms with van der Waals surface area (Å²) in [5, 5.41) is 0. The van der Waals surface area contributed by atoms with E-state index >= 15 is 0 Å². The Morgan fingerprint density at radius 1 is 0.400 bits per heavy atom. The summed E-state index contributed by atoms with van der Waals surface area (Å²) in [4.78, 5) is 0. The van der Waals surface area contributed by atoms with E-state index in [0.717, 1.165) is 0 Å². The zero-order valence-corrected chi connectivity index (χ0v) is 0. The molecule has 36 valence electrons. The third-order valence-electron chi connectivity index (χ3n) is 0. The first-order valence-corrected chi connectivity index (χ1v) is 0. The van der Waals surface area contributed by atoms with Gasteiger partial charge in [0, 0.05) is 0 Å². The molecule has 0 heterocycles. The number of hydrogen-bond donors (Lipinski definition) is 0. The first-order chi connectivity index (χ1) is 0. The molecule has 0 radical (unpaired) electrons. The number of hydrogen-bond acceptors (Lipinski definition) is 0. The van der Waals surface area contributed by atoms with Gasteiger partial charge < -0.3 is 0 Å². The molecule has 0 saturated heterocycles. The van der Waals surface area contributed by atoms with Crippen LogP contribution in [0.25, 0.3) is 0 Å². The molecule has 5 heteroatoms. The van der Waals surface area contributed by atoms with Crippen molar-refractivity contribution < 1.29 is 0 Å². The van der Waals surface area contributed by atoms with Crippen molar-refractivity contribution in [1.82, 2.24) is 0 Å². The van der Waals surface area contributed by atoms with Crippen LogP contribution < -0.4 is 0 Å². The van der Waals surface area contributed by atoms with Crippen LogP contribution in [-0.2, 0) is 0 Å². The van der Waals surface area contributed by atoms with Crippen molar-refractivity contribution >= 4 is 87.5 Å². The first-order valence-electron chi connectivity index (χ1n) is 0. The predicted octanol–water partition coefficient (Wildman–Crippen LogP) is -6.72. The Morgan fingerprint density at radius 3 is 0.400 bits per heavy atom. The van der Waals surface area contributed by atoms with Gasteiger partial charge in [-0.3, -0.25) is 0 Å². The maximum atomic E-state index is 0. The minimum atomic E-state index is 0. The van der Waals surface area contributed by atoms with Gasteiger partial charge in [0.05, 0.1) is 0 Å². The van der Waals surface area contributed by atoms with E-state index in [-0.39, 0.29) is 87.5 Å². The molecular weight excluding hydrogens is 272 g/mol. The monoisotopic (exact) mass is 294 g/mol. The Hall–Kier alpha value is 2.69. The Bertz CT molecular complexity index is 4.85. The van der Waals surface area contributed by atoms with Crippen LogP contribution in [0.1, 0.15) is 0 Å². The van der Waals surface area contributed by atoms with Gasteiger partial charge in [0.15, 0.2) is 34.7 Å². The fourth-order valence-corrected chi connectivity index (χ4v) is 0. The van der Waals surface area contributed by atoms with Crippen molar-refractivity contribution in [1.29, 1.82) is 0 Å². The minimum absolute atomic E-state index is 0. The van der Waals surface area contributed by atoms with Gasteiger partial charge in [-0.25, -0.2) is 0 Å². The van der Waals surface area contributed by atoms with Gasteiger partial charge >= 0.3 is 52.8 Å². The molecule has 0 aliphatic heterocycles. The van der Waals surface area contributed by atoms with Crippen LogP contribution in [0.5, 0.6) is 0 Å². The summed E-state index contributed by atoms with van der Waals surface area (Å²) in [6.07, 6.45) is 0. The summed E-state index contributed by atoms with van der Waals surface area (Å²) in [7, 11) is 0. The van der Waals surface area contributed by atoms with Crippen molar-refractivity contribution in [2.75, 3.05) is 0 Å². The average Bonchev–Trinajstić information content (AvgIpc) is 0. The molecular formula is H18Al2Ge3. The van der Waals surface area contributed by atoms with E-state index in [1.165, 1.54) is 0 Å². The summed E-state index contributed by atoms with van der Waals surface area (Å²) >= 11 is 0. The maximum absolute atomic E-state index is 0. The van der Waals surface area contributed by atoms with Gasteiger partial charge in [0.1, 0.15) is 0 Å². The quantitative estimate of drug-likeness (QED) is 0.389. The van der Waals surface area contributed by atoms with Crippen LogP contribution in [0, 0.1) is 0 Å². The topological polar surface area (TPSA) is 0 Å². The molecule has 0 N–H and O–H groups in total. The van der Waals surface area contributed by atoms with Crippen LogP contribution >= 0.6 is 0 Å². The van der Waals surface area contributed by atoms with Gasteiger partial charge in [0.2, 0.25) is 0 Å². The van der Waals surface area contributed by atoms with Crippen molar-refractivity contribution in [3.8, 4) is 0 Å². The second-order valence-electron chi connectivity index (χ2n) is 0. The van der Waals surface area contributed by atoms with E-state index in [9.17, 15) is 0 Å². The molecule has 0 aliphatic carbocycles. The third kappa shape index (κ3) is 20.3. The second-order valence-corrected chi connectivity index (χ2v) is 0. The van der Waals surface area contributed by atoms with E-state index in [1.807, 2.05) is 0 Å². The molecule has 0 aromatic carbocycles. The van der Waals surface area contributed by atoms with E-state index in [2.05, 4.69) is 0 Å². The van der Waals surface area contributed by atoms with Crippen molar-refractivity contribution in [3.05, 3.63) is 0 Å². The molecule has 0 aromatic heterocycles. The van der Waals surface area contributed by atoms with Crippen LogP contribution in [0.15, 0.2) is 0 Å². The number of rotatable bonds is 0. The molecule has 0 aromatic rings. The molecule has 0 rings (SSSR count). The molecule has 0 amide bonds. The summed E-state index contributed by atoms with van der Waals surface area (Å²) in [6.45, 7) is 0. The standard InChI is InChI=1S/2Al.3GeH4.6H/h;;3*1H4;;;;;;. The molecule has 0 nitrogen and oxygen atoms in total. The molecule has 0 fully saturated rings. The molecule has 0 spiro atoms. The van der Waals surface area contributed by atoms with Crippen LogP contribution in [0.2, 0.25) is 0 Å². The van der Waals surface area contributed by atoms with Crippen LogP contribution in [0.4, 0.5) is 0 Å². The first kappa shape index (κ1) is 47.5. The summed E-state index contributed by atoms with van der Waals surface area (Å²) < 4.78 is 0. The van der Waals surface area contributed by atoms with E-state index in [1.54, 1.807) is 0 Å². The molecule has 0 bridgehead atoms. The second kappa shape index (κ2) is 29.9. The van der Waals surface area contributed by atoms with Crippen molar-refractivity contribution in [2.45, 2.75) is 0 Å². The Morgan fingerprint density at radius 2 is 0.400 bits per heavy atom. The normalized spacial score (nSPS) is 0.